The molecule has 0 aliphatic carbocycles. The minimum absolute atomic E-state index is 0. The van der Waals surface area contributed by atoms with Crippen LogP contribution >= 0.6 is 0 Å². The van der Waals surface area contributed by atoms with E-state index in [1.165, 1.54) is 0 Å². The maximum Gasteiger partial charge on any atom is 3.00 e. The second-order valence-corrected chi connectivity index (χ2v) is 0. The van der Waals surface area contributed by atoms with Gasteiger partial charge in [0.15, 0.2) is 0 Å². The fourth-order valence-corrected chi connectivity index (χ4v) is 0. The maximum absolute atomic E-state index is 0. The van der Waals surface area contributed by atoms with Gasteiger partial charge in [-0.3, -0.25) is 0 Å². The summed E-state index contributed by atoms with van der Waals surface area (Å²) in [6.45, 7) is 0. The summed E-state index contributed by atoms with van der Waals surface area (Å²) in [5.74, 6) is 0. The first kappa shape index (κ1) is 35.9. The third kappa shape index (κ3) is 18.0. The third-order valence-electron chi connectivity index (χ3n) is 0. The van der Waals surface area contributed by atoms with Crippen molar-refractivity contribution in [3.8, 4) is 0 Å². The summed E-state index contributed by atoms with van der Waals surface area (Å²) in [5, 5.41) is 0. The van der Waals surface area contributed by atoms with Crippen molar-refractivity contribution in [1.29, 1.82) is 0 Å². The van der Waals surface area contributed by atoms with Gasteiger partial charge in [-0.15, -0.1) is 0 Å². The van der Waals surface area contributed by atoms with Crippen LogP contribution in [0.25, 0.3) is 0 Å². The Morgan fingerprint density at radius 2 is 0.400 bits per heavy atom. The van der Waals surface area contributed by atoms with Crippen LogP contribution in [0.2, 0.25) is 0 Å². The molecule has 0 atom stereocenters. The Morgan fingerprint density at radius 1 is 0.400 bits per heavy atom. The first-order valence-corrected chi connectivity index (χ1v) is 0. The quantitative estimate of drug-likeness (QED) is 0.321. The predicted molar refractivity (Wildman–Crippen MR) is 17.3 cm³/mol. The van der Waals surface area contributed by atoms with Crippen molar-refractivity contribution in [3.63, 3.8) is 0 Å². The van der Waals surface area contributed by atoms with E-state index in [-0.39, 0.29) is 125 Å². The van der Waals surface area contributed by atoms with E-state index in [0.717, 1.165) is 0 Å². The molecule has 0 saturated heterocycles. The van der Waals surface area contributed by atoms with Crippen molar-refractivity contribution in [3.05, 3.63) is 0 Å². The molecule has 0 fully saturated rings. The topological polar surface area (TPSA) is 0 Å². The standard InChI is InChI=1S/3Se.2Tm/q3*-2;2*+3. The second kappa shape index (κ2) is 24.4. The Hall–Kier alpha value is 4.03. The van der Waals surface area contributed by atoms with Gasteiger partial charge in [-0.1, -0.05) is 0 Å². The molecule has 0 spiro atoms. The van der Waals surface area contributed by atoms with Crippen LogP contribution < -0.4 is 0 Å². The molecule has 0 rings (SSSR count). The summed E-state index contributed by atoms with van der Waals surface area (Å²) < 4.78 is 0. The summed E-state index contributed by atoms with van der Waals surface area (Å²) in [4.78, 5) is 0. The molecule has 5 heteroatoms. The molecule has 0 aliphatic heterocycles. The molecule has 0 unspecified atom stereocenters. The van der Waals surface area contributed by atoms with Crippen molar-refractivity contribution in [1.82, 2.24) is 0 Å². The van der Waals surface area contributed by atoms with Crippen molar-refractivity contribution < 1.29 is 73.7 Å². The van der Waals surface area contributed by atoms with Crippen LogP contribution in [0.4, 0.5) is 0 Å². The van der Waals surface area contributed by atoms with E-state index in [0.29, 0.717) is 0 Å². The largest absolute Gasteiger partial charge is 3.00 e. The Labute approximate surface area is 122 Å². The Balaban J connectivity index is 0. The van der Waals surface area contributed by atoms with Gasteiger partial charge in [-0.2, -0.15) is 0 Å². The van der Waals surface area contributed by atoms with E-state index in [1.807, 2.05) is 0 Å². The molecule has 0 radical (unpaired) electrons. The normalized spacial score (nSPS) is 0. The van der Waals surface area contributed by atoms with Gasteiger partial charge in [0.2, 0.25) is 0 Å². The molecule has 44 valence electrons. The summed E-state index contributed by atoms with van der Waals surface area (Å²) in [5.41, 5.74) is 0. The van der Waals surface area contributed by atoms with Gasteiger partial charge in [0, 0.05) is 0 Å². The van der Waals surface area contributed by atoms with Crippen molar-refractivity contribution in [2.75, 3.05) is 0 Å². The van der Waals surface area contributed by atoms with Gasteiger partial charge in [0.25, 0.3) is 0 Å². The zero-order valence-electron chi connectivity index (χ0n) is 1.78. The van der Waals surface area contributed by atoms with Gasteiger partial charge in [-0.05, 0) is 0 Å². The average Bonchev–Trinajstić information content (AvgIpc) is 0. The van der Waals surface area contributed by atoms with Crippen molar-refractivity contribution >= 4 is 51.2 Å². The zero-order chi connectivity index (χ0) is 0. The fraction of sp³-hybridized carbons (Fsp3) is 0. The first-order chi connectivity index (χ1) is 0. The van der Waals surface area contributed by atoms with Crippen LogP contribution in [0.1, 0.15) is 0 Å². The van der Waals surface area contributed by atoms with Crippen LogP contribution in [0.3, 0.4) is 0 Å². The van der Waals surface area contributed by atoms with Crippen molar-refractivity contribution in [2.24, 2.45) is 0 Å². The summed E-state index contributed by atoms with van der Waals surface area (Å²) >= 11 is 0. The number of rotatable bonds is 0. The van der Waals surface area contributed by atoms with E-state index in [2.05, 4.69) is 0 Å². The van der Waals surface area contributed by atoms with E-state index < -0.39 is 0 Å². The fourth-order valence-electron chi connectivity index (χ4n) is 0. The summed E-state index contributed by atoms with van der Waals surface area (Å²) in [7, 11) is 0. The Morgan fingerprint density at radius 3 is 0.400 bits per heavy atom. The number of hydrogen-bond acceptors (Lipinski definition) is 0. The predicted octanol–water partition coefficient (Wildman–Crippen LogP) is -1.14. The third-order valence-corrected chi connectivity index (χ3v) is 0. The van der Waals surface area contributed by atoms with Gasteiger partial charge >= 0.3 is 73.7 Å². The molecule has 0 saturated carbocycles. The molecular weight excluding hydrogens is 575 g/mol. The van der Waals surface area contributed by atoms with Crippen LogP contribution in [0.15, 0.2) is 0 Å². The maximum atomic E-state index is 0. The smallest absolute Gasteiger partial charge is 2.00 e. The first-order valence-electron chi connectivity index (χ1n) is 0. The van der Waals surface area contributed by atoms with Crippen LogP contribution in [-0.2, 0) is 0 Å². The van der Waals surface area contributed by atoms with E-state index in [4.69, 9.17) is 0 Å². The number of hydrogen-bond donors (Lipinski definition) is 0. The van der Waals surface area contributed by atoms with Gasteiger partial charge in [0.1, 0.15) is 0 Å². The molecule has 0 N–H and O–H groups in total. The van der Waals surface area contributed by atoms with Crippen LogP contribution in [0, 0.1) is 73.7 Å². The Bertz CT molecular complexity index is 4.85. The monoisotopic (exact) mass is 578 g/mol. The molecule has 5 heavy (non-hydrogen) atoms. The average molecular weight is 575 g/mol. The van der Waals surface area contributed by atoms with Crippen LogP contribution in [0.5, 0.6) is 0 Å². The second-order valence-electron chi connectivity index (χ2n) is 0. The molecule has 0 aromatic carbocycles. The molecule has 0 bridgehead atoms. The van der Waals surface area contributed by atoms with Gasteiger partial charge < -0.3 is 51.2 Å². The summed E-state index contributed by atoms with van der Waals surface area (Å²) in [6, 6.07) is 0. The van der Waals surface area contributed by atoms with Gasteiger partial charge in [-0.25, -0.2) is 0 Å². The van der Waals surface area contributed by atoms with E-state index in [1.54, 1.807) is 0 Å². The van der Waals surface area contributed by atoms with Crippen LogP contribution in [-0.4, -0.2) is 51.2 Å². The molecule has 0 amide bonds. The summed E-state index contributed by atoms with van der Waals surface area (Å²) in [6.07, 6.45) is 0. The molecule has 0 aromatic rings. The molecule has 0 heterocycles. The zero-order valence-corrected chi connectivity index (χ0v) is 10.5. The van der Waals surface area contributed by atoms with E-state index in [9.17, 15) is 0 Å². The molecular formula is Se3Tm2. The molecule has 0 nitrogen and oxygen atoms in total. The van der Waals surface area contributed by atoms with E-state index >= 15 is 0 Å². The molecule has 0 aromatic heterocycles. The minimum Gasteiger partial charge on any atom is -2.00 e. The molecule has 0 aliphatic rings. The Kier molecular flexibility index (Phi) is 175. The van der Waals surface area contributed by atoms with Crippen molar-refractivity contribution in [2.45, 2.75) is 0 Å². The minimum atomic E-state index is 0. The SMILES string of the molecule is [Se-2].[Se-2].[Se-2].[Tm+3].[Tm+3]. The van der Waals surface area contributed by atoms with Gasteiger partial charge in [0.05, 0.1) is 0 Å².